The van der Waals surface area contributed by atoms with Crippen molar-refractivity contribution in [1.29, 1.82) is 0 Å². The number of amides is 1. The number of methoxy groups -OCH3 is 1. The standard InChI is InChI=1S/C20H16ClF3N4O4/c1-11-14(9-26-28(11)17-6-3-12(8-25-17)20(22,23)24)19(30)32-10-18(29)27-15-7-13(21)4-5-16(15)31-2/h3-9H,10H2,1-2H3,(H,27,29). The van der Waals surface area contributed by atoms with E-state index in [1.54, 1.807) is 12.1 Å². The van der Waals surface area contributed by atoms with E-state index >= 15 is 0 Å². The number of anilines is 1. The number of carbonyl (C=O) groups is 2. The number of alkyl halides is 3. The first-order valence-corrected chi connectivity index (χ1v) is 9.36. The van der Waals surface area contributed by atoms with Crippen molar-refractivity contribution in [3.63, 3.8) is 0 Å². The Morgan fingerprint density at radius 3 is 2.56 bits per heavy atom. The minimum atomic E-state index is -4.52. The number of esters is 1. The van der Waals surface area contributed by atoms with Crippen molar-refractivity contribution in [3.05, 3.63) is 64.6 Å². The summed E-state index contributed by atoms with van der Waals surface area (Å²) in [6.45, 7) is 0.914. The highest BCUT2D eigenvalue weighted by Gasteiger charge is 2.31. The van der Waals surface area contributed by atoms with Crippen molar-refractivity contribution in [2.75, 3.05) is 19.0 Å². The van der Waals surface area contributed by atoms with Crippen LogP contribution < -0.4 is 10.1 Å². The summed E-state index contributed by atoms with van der Waals surface area (Å²) < 4.78 is 49.4. The first-order valence-electron chi connectivity index (χ1n) is 8.99. The maximum atomic E-state index is 12.7. The lowest BCUT2D eigenvalue weighted by Crippen LogP contribution is -2.21. The van der Waals surface area contributed by atoms with Crippen molar-refractivity contribution >= 4 is 29.2 Å². The van der Waals surface area contributed by atoms with Crippen LogP contribution in [0.2, 0.25) is 5.02 Å². The van der Waals surface area contributed by atoms with Crippen LogP contribution in [0.15, 0.2) is 42.7 Å². The number of halogens is 4. The fourth-order valence-corrected chi connectivity index (χ4v) is 2.87. The molecule has 0 bridgehead atoms. The Kier molecular flexibility index (Phi) is 6.68. The van der Waals surface area contributed by atoms with Gasteiger partial charge in [0.15, 0.2) is 12.4 Å². The molecule has 32 heavy (non-hydrogen) atoms. The molecular weight excluding hydrogens is 453 g/mol. The van der Waals surface area contributed by atoms with Gasteiger partial charge in [0.2, 0.25) is 0 Å². The van der Waals surface area contributed by atoms with Crippen molar-refractivity contribution < 1.29 is 32.2 Å². The summed E-state index contributed by atoms with van der Waals surface area (Å²) in [5, 5.41) is 6.86. The first kappa shape index (κ1) is 23.1. The van der Waals surface area contributed by atoms with Gasteiger partial charge in [0.05, 0.1) is 30.3 Å². The van der Waals surface area contributed by atoms with Crippen molar-refractivity contribution in [1.82, 2.24) is 14.8 Å². The number of hydrogen-bond acceptors (Lipinski definition) is 6. The smallest absolute Gasteiger partial charge is 0.417 e. The molecule has 8 nitrogen and oxygen atoms in total. The van der Waals surface area contributed by atoms with Gasteiger partial charge in [-0.1, -0.05) is 11.6 Å². The molecule has 0 saturated carbocycles. The van der Waals surface area contributed by atoms with Gasteiger partial charge in [-0.3, -0.25) is 4.79 Å². The fraction of sp³-hybridized carbons (Fsp3) is 0.200. The zero-order valence-electron chi connectivity index (χ0n) is 16.7. The minimum absolute atomic E-state index is 0.0276. The Labute approximate surface area is 184 Å². The average Bonchev–Trinajstić information content (AvgIpc) is 3.13. The van der Waals surface area contributed by atoms with Crippen LogP contribution in [-0.2, 0) is 15.7 Å². The van der Waals surface area contributed by atoms with E-state index in [-0.39, 0.29) is 17.1 Å². The van der Waals surface area contributed by atoms with Gasteiger partial charge in [-0.2, -0.15) is 18.3 Å². The second-order valence-electron chi connectivity index (χ2n) is 6.43. The Bertz CT molecular complexity index is 1150. The van der Waals surface area contributed by atoms with Crippen LogP contribution in [0, 0.1) is 6.92 Å². The lowest BCUT2D eigenvalue weighted by molar-refractivity contribution is -0.137. The van der Waals surface area contributed by atoms with Crippen molar-refractivity contribution in [3.8, 4) is 11.6 Å². The molecule has 168 valence electrons. The molecule has 12 heteroatoms. The molecule has 0 aliphatic rings. The predicted molar refractivity (Wildman–Crippen MR) is 108 cm³/mol. The molecule has 2 heterocycles. The van der Waals surface area contributed by atoms with E-state index < -0.39 is 30.2 Å². The highest BCUT2D eigenvalue weighted by Crippen LogP contribution is 2.29. The van der Waals surface area contributed by atoms with Gasteiger partial charge in [0, 0.05) is 11.2 Å². The molecule has 0 fully saturated rings. The summed E-state index contributed by atoms with van der Waals surface area (Å²) in [6.07, 6.45) is -2.67. The van der Waals surface area contributed by atoms with Crippen LogP contribution in [0.25, 0.3) is 5.82 Å². The molecule has 2 aromatic heterocycles. The summed E-state index contributed by atoms with van der Waals surface area (Å²) in [4.78, 5) is 28.2. The maximum Gasteiger partial charge on any atom is 0.417 e. The molecule has 3 rings (SSSR count). The quantitative estimate of drug-likeness (QED) is 0.548. The number of rotatable bonds is 6. The molecule has 1 aromatic carbocycles. The number of nitrogens with one attached hydrogen (secondary N) is 1. The zero-order chi connectivity index (χ0) is 23.5. The van der Waals surface area contributed by atoms with E-state index in [0.717, 1.165) is 12.1 Å². The average molecular weight is 469 g/mol. The second kappa shape index (κ2) is 9.27. The Morgan fingerprint density at radius 2 is 1.94 bits per heavy atom. The van der Waals surface area contributed by atoms with Crippen molar-refractivity contribution in [2.45, 2.75) is 13.1 Å². The van der Waals surface area contributed by atoms with Crippen molar-refractivity contribution in [2.24, 2.45) is 0 Å². The molecule has 0 spiro atoms. The Balaban J connectivity index is 1.66. The van der Waals surface area contributed by atoms with Gasteiger partial charge in [-0.25, -0.2) is 14.5 Å². The monoisotopic (exact) mass is 468 g/mol. The number of hydrogen-bond donors (Lipinski definition) is 1. The molecule has 1 amide bonds. The molecule has 0 saturated heterocycles. The lowest BCUT2D eigenvalue weighted by Gasteiger charge is -2.11. The fourth-order valence-electron chi connectivity index (χ4n) is 2.69. The largest absolute Gasteiger partial charge is 0.495 e. The molecule has 3 aromatic rings. The molecule has 0 aliphatic heterocycles. The molecule has 0 aliphatic carbocycles. The SMILES string of the molecule is COc1ccc(Cl)cc1NC(=O)COC(=O)c1cnn(-c2ccc(C(F)(F)F)cn2)c1C. The van der Waals surface area contributed by atoms with Crippen LogP contribution in [0.5, 0.6) is 5.75 Å². The van der Waals surface area contributed by atoms with E-state index in [1.165, 1.54) is 31.0 Å². The number of nitrogens with zero attached hydrogens (tertiary/aromatic N) is 3. The molecule has 0 atom stereocenters. The predicted octanol–water partition coefficient (Wildman–Crippen LogP) is 4.05. The molecular formula is C20H16ClF3N4O4. The Morgan fingerprint density at radius 1 is 1.19 bits per heavy atom. The van der Waals surface area contributed by atoms with Crippen LogP contribution in [-0.4, -0.2) is 40.4 Å². The number of benzene rings is 1. The third-order valence-corrected chi connectivity index (χ3v) is 4.53. The number of ether oxygens (including phenoxy) is 2. The van der Waals surface area contributed by atoms with E-state index in [2.05, 4.69) is 15.4 Å². The van der Waals surface area contributed by atoms with Gasteiger partial charge >= 0.3 is 12.1 Å². The van der Waals surface area contributed by atoms with Gasteiger partial charge in [0.25, 0.3) is 5.91 Å². The maximum absolute atomic E-state index is 12.7. The summed E-state index contributed by atoms with van der Waals surface area (Å²) >= 11 is 5.90. The van der Waals surface area contributed by atoms with Crippen LogP contribution >= 0.6 is 11.6 Å². The van der Waals surface area contributed by atoms with Gasteiger partial charge in [-0.05, 0) is 37.3 Å². The zero-order valence-corrected chi connectivity index (χ0v) is 17.5. The normalized spacial score (nSPS) is 11.2. The molecule has 1 N–H and O–H groups in total. The topological polar surface area (TPSA) is 95.3 Å². The summed E-state index contributed by atoms with van der Waals surface area (Å²) in [7, 11) is 1.42. The van der Waals surface area contributed by atoms with Gasteiger partial charge in [-0.15, -0.1) is 0 Å². The lowest BCUT2D eigenvalue weighted by atomic mass is 10.2. The van der Waals surface area contributed by atoms with E-state index in [1.807, 2.05) is 0 Å². The number of aromatic nitrogens is 3. The van der Waals surface area contributed by atoms with Gasteiger partial charge in [0.1, 0.15) is 11.3 Å². The minimum Gasteiger partial charge on any atom is -0.495 e. The van der Waals surface area contributed by atoms with Crippen LogP contribution in [0.1, 0.15) is 21.6 Å². The second-order valence-corrected chi connectivity index (χ2v) is 6.86. The first-order chi connectivity index (χ1) is 15.1. The third kappa shape index (κ3) is 5.17. The summed E-state index contributed by atoms with van der Waals surface area (Å²) in [5.41, 5.74) is -0.300. The summed E-state index contributed by atoms with van der Waals surface area (Å²) in [6, 6.07) is 6.62. The van der Waals surface area contributed by atoms with E-state index in [0.29, 0.717) is 22.7 Å². The van der Waals surface area contributed by atoms with E-state index in [9.17, 15) is 22.8 Å². The highest BCUT2D eigenvalue weighted by atomic mass is 35.5. The number of carbonyl (C=O) groups excluding carboxylic acids is 2. The molecule has 0 unspecified atom stereocenters. The van der Waals surface area contributed by atoms with Crippen LogP contribution in [0.3, 0.4) is 0 Å². The molecule has 0 radical (unpaired) electrons. The Hall–Kier alpha value is -3.60. The highest BCUT2D eigenvalue weighted by molar-refractivity contribution is 6.31. The third-order valence-electron chi connectivity index (χ3n) is 4.29. The number of pyridine rings is 1. The summed E-state index contributed by atoms with van der Waals surface area (Å²) in [5.74, 6) is -1.02. The van der Waals surface area contributed by atoms with Crippen LogP contribution in [0.4, 0.5) is 18.9 Å². The van der Waals surface area contributed by atoms with Gasteiger partial charge < -0.3 is 14.8 Å². The van der Waals surface area contributed by atoms with E-state index in [4.69, 9.17) is 21.1 Å².